The van der Waals surface area contributed by atoms with Crippen LogP contribution < -0.4 is 5.56 Å². The first kappa shape index (κ1) is 21.8. The van der Waals surface area contributed by atoms with Gasteiger partial charge in [-0.2, -0.15) is 18.2 Å². The SMILES string of the molecule is [2H]c1c([2H])c(C([2H])([2H])Sc2nc(=O)c3c(n2CC(=O)N(C([2H])([2H])c2ccc(-c4ccc(C(F)(F)F)cc4)cc2)C([2H])([2H])C([2H])([2H])N(CC)CC)CCC3)c([2H])c([2H])c1F. The van der Waals surface area contributed by atoms with Crippen LogP contribution in [0.1, 0.15) is 64.7 Å². The van der Waals surface area contributed by atoms with Gasteiger partial charge in [0.2, 0.25) is 5.91 Å². The molecule has 0 N–H and O–H groups in total. The average Bonchev–Trinajstić information content (AvgIpc) is 3.65. The second-order valence-electron chi connectivity index (χ2n) is 10.3. The molecule has 248 valence electrons. The van der Waals surface area contributed by atoms with Gasteiger partial charge in [-0.1, -0.05) is 74.1 Å². The summed E-state index contributed by atoms with van der Waals surface area (Å²) in [6, 6.07) is 4.74. The van der Waals surface area contributed by atoms with Crippen molar-refractivity contribution in [3.8, 4) is 11.1 Å². The predicted molar refractivity (Wildman–Crippen MR) is 177 cm³/mol. The number of alkyl halides is 3. The molecule has 0 unspecified atom stereocenters. The molecule has 0 bridgehead atoms. The Morgan fingerprint density at radius 2 is 1.60 bits per heavy atom. The standard InChI is InChI=1S/C36H38F4N4O2S/c1-3-42(4-2)20-21-43(22-25-8-12-27(13-9-25)28-14-16-29(17-15-28)36(38,39)40)33(45)23-44-32-7-5-6-31(32)34(46)41-35(44)47-24-26-10-18-30(37)19-11-26/h8-19H,3-7,20-24H2,1-2H3/i10D,11D,18D,19D,20D2,21D2,22D2,24D2. The fourth-order valence-corrected chi connectivity index (χ4v) is 5.56. The molecule has 4 aromatic rings. The largest absolute Gasteiger partial charge is 0.416 e. The number of likely N-dealkylation sites (N-methyl/N-ethyl adjacent to an activating group) is 1. The molecule has 0 saturated heterocycles. The van der Waals surface area contributed by atoms with Gasteiger partial charge >= 0.3 is 6.18 Å². The molecule has 0 fully saturated rings. The molecule has 0 spiro atoms. The van der Waals surface area contributed by atoms with Crippen molar-refractivity contribution < 1.29 is 38.8 Å². The second-order valence-corrected chi connectivity index (χ2v) is 11.1. The fraction of sp³-hybridized carbons (Fsp3) is 0.361. The van der Waals surface area contributed by atoms with E-state index >= 15 is 0 Å². The molecule has 0 aliphatic heterocycles. The molecule has 5 rings (SSSR count). The van der Waals surface area contributed by atoms with E-state index in [2.05, 4.69) is 4.98 Å². The molecule has 0 saturated carbocycles. The van der Waals surface area contributed by atoms with E-state index in [9.17, 15) is 29.9 Å². The van der Waals surface area contributed by atoms with Crippen LogP contribution in [0.15, 0.2) is 82.7 Å². The number of hydrogen-bond acceptors (Lipinski definition) is 5. The Morgan fingerprint density at radius 3 is 2.21 bits per heavy atom. The van der Waals surface area contributed by atoms with Crippen molar-refractivity contribution in [2.75, 3.05) is 26.1 Å². The zero-order valence-corrected chi connectivity index (χ0v) is 26.2. The van der Waals surface area contributed by atoms with Gasteiger partial charge < -0.3 is 14.4 Å². The molecule has 11 heteroatoms. The summed E-state index contributed by atoms with van der Waals surface area (Å²) in [6.07, 6.45) is -3.90. The molecule has 1 aliphatic carbocycles. The van der Waals surface area contributed by atoms with Crippen LogP contribution in [-0.4, -0.2) is 51.3 Å². The van der Waals surface area contributed by atoms with E-state index in [0.717, 1.165) is 21.6 Å². The lowest BCUT2D eigenvalue weighted by atomic mass is 10.0. The highest BCUT2D eigenvalue weighted by Crippen LogP contribution is 2.31. The highest BCUT2D eigenvalue weighted by atomic mass is 32.2. The quantitative estimate of drug-likeness (QED) is 0.0850. The summed E-state index contributed by atoms with van der Waals surface area (Å²) in [5.41, 5.74) is -4.98. The molecule has 1 aromatic heterocycles. The predicted octanol–water partition coefficient (Wildman–Crippen LogP) is 7.22. The zero-order valence-electron chi connectivity index (χ0n) is 37.4. The summed E-state index contributed by atoms with van der Waals surface area (Å²) in [5, 5.41) is -0.552. The minimum atomic E-state index is -4.59. The molecule has 0 radical (unpaired) electrons. The van der Waals surface area contributed by atoms with Crippen molar-refractivity contribution in [3.05, 3.63) is 117 Å². The first-order valence-corrected chi connectivity index (χ1v) is 15.5. The number of nitrogens with zero attached hydrogens (tertiary/aromatic N) is 4. The van der Waals surface area contributed by atoms with E-state index in [4.69, 9.17) is 13.7 Å². The van der Waals surface area contributed by atoms with Gasteiger partial charge in [-0.15, -0.1) is 0 Å². The Morgan fingerprint density at radius 1 is 0.957 bits per heavy atom. The van der Waals surface area contributed by atoms with Crippen LogP contribution in [0.5, 0.6) is 0 Å². The third-order valence-corrected chi connectivity index (χ3v) is 8.14. The van der Waals surface area contributed by atoms with Gasteiger partial charge in [-0.3, -0.25) is 9.59 Å². The van der Waals surface area contributed by atoms with Gasteiger partial charge in [0.1, 0.15) is 12.4 Å². The summed E-state index contributed by atoms with van der Waals surface area (Å²) in [7, 11) is 0. The van der Waals surface area contributed by atoms with E-state index in [0.29, 0.717) is 17.5 Å². The molecule has 1 aliphatic rings. The number of carbonyl (C=O) groups is 1. The lowest BCUT2D eigenvalue weighted by Crippen LogP contribution is -2.40. The third kappa shape index (κ3) is 8.70. The van der Waals surface area contributed by atoms with Crippen LogP contribution in [0.3, 0.4) is 0 Å². The number of amides is 1. The molecule has 3 aromatic carbocycles. The van der Waals surface area contributed by atoms with Crippen molar-refractivity contribution in [1.29, 1.82) is 0 Å². The number of halogens is 4. The van der Waals surface area contributed by atoms with Crippen molar-refractivity contribution in [3.63, 3.8) is 0 Å². The van der Waals surface area contributed by atoms with Gasteiger partial charge in [0.25, 0.3) is 5.56 Å². The summed E-state index contributed by atoms with van der Waals surface area (Å²) >= 11 is 0.0949. The fourth-order valence-electron chi connectivity index (χ4n) is 4.85. The van der Waals surface area contributed by atoms with Crippen molar-refractivity contribution in [2.24, 2.45) is 0 Å². The maximum atomic E-state index is 14.7. The zero-order chi connectivity index (χ0) is 44.2. The lowest BCUT2D eigenvalue weighted by molar-refractivity contribution is -0.137. The normalized spacial score (nSPS) is 17.8. The van der Waals surface area contributed by atoms with Crippen LogP contribution in [0.4, 0.5) is 17.6 Å². The molecule has 6 nitrogen and oxygen atoms in total. The second kappa shape index (κ2) is 15.3. The summed E-state index contributed by atoms with van der Waals surface area (Å²) < 4.78 is 159. The summed E-state index contributed by atoms with van der Waals surface area (Å²) in [5.74, 6) is -2.92. The average molecular weight is 679 g/mol. The number of hydrogen-bond donors (Lipinski definition) is 0. The van der Waals surface area contributed by atoms with Gasteiger partial charge in [0.15, 0.2) is 5.16 Å². The van der Waals surface area contributed by atoms with E-state index in [1.807, 2.05) is 0 Å². The number of aromatic nitrogens is 2. The van der Waals surface area contributed by atoms with Crippen LogP contribution in [0.25, 0.3) is 11.1 Å². The van der Waals surface area contributed by atoms with Gasteiger partial charge in [-0.05, 0) is 78.8 Å². The van der Waals surface area contributed by atoms with Crippen LogP contribution >= 0.6 is 11.8 Å². The molecule has 1 amide bonds. The topological polar surface area (TPSA) is 58.4 Å². The lowest BCUT2D eigenvalue weighted by Gasteiger charge is -2.28. The van der Waals surface area contributed by atoms with Gasteiger partial charge in [-0.25, -0.2) is 4.39 Å². The van der Waals surface area contributed by atoms with Crippen molar-refractivity contribution >= 4 is 17.7 Å². The number of benzene rings is 3. The Bertz CT molecular complexity index is 2280. The highest BCUT2D eigenvalue weighted by molar-refractivity contribution is 7.98. The van der Waals surface area contributed by atoms with E-state index in [1.165, 1.54) is 50.2 Å². The Kier molecular flexibility index (Phi) is 7.10. The Hall–Kier alpha value is -3.96. The monoisotopic (exact) mass is 678 g/mol. The molecule has 47 heavy (non-hydrogen) atoms. The summed E-state index contributed by atoms with van der Waals surface area (Å²) in [6.45, 7) is -7.81. The van der Waals surface area contributed by atoms with Gasteiger partial charge in [0.05, 0.1) is 16.5 Å². The first-order valence-electron chi connectivity index (χ1n) is 20.7. The molecule has 1 heterocycles. The summed E-state index contributed by atoms with van der Waals surface area (Å²) in [4.78, 5) is 33.0. The number of carbonyl (C=O) groups excluding carboxylic acids is 1. The highest BCUT2D eigenvalue weighted by Gasteiger charge is 2.30. The number of thioether (sulfide) groups is 1. The number of rotatable bonds is 13. The smallest absolute Gasteiger partial charge is 0.336 e. The van der Waals surface area contributed by atoms with Crippen LogP contribution in [0, 0.1) is 5.82 Å². The Balaban J connectivity index is 1.64. The number of fused-ring (bicyclic) bond motifs is 1. The Labute approximate surface area is 293 Å². The molecular formula is C36H38F4N4O2S. The van der Waals surface area contributed by atoms with Crippen molar-refractivity contribution in [2.45, 2.75) is 63.2 Å². The molecular weight excluding hydrogens is 628 g/mol. The molecule has 0 atom stereocenters. The van der Waals surface area contributed by atoms with E-state index in [-0.39, 0.29) is 59.4 Å². The van der Waals surface area contributed by atoms with Crippen LogP contribution in [0.2, 0.25) is 0 Å². The van der Waals surface area contributed by atoms with E-state index < -0.39 is 95.7 Å². The maximum absolute atomic E-state index is 14.7. The van der Waals surface area contributed by atoms with Crippen molar-refractivity contribution in [1.82, 2.24) is 19.4 Å². The minimum absolute atomic E-state index is 0.0672. The van der Waals surface area contributed by atoms with E-state index in [1.54, 1.807) is 0 Å². The third-order valence-electron chi connectivity index (χ3n) is 7.34. The van der Waals surface area contributed by atoms with Gasteiger partial charge in [0, 0.05) is 41.9 Å². The van der Waals surface area contributed by atoms with Crippen LogP contribution in [-0.2, 0) is 42.6 Å². The maximum Gasteiger partial charge on any atom is 0.416 e. The minimum Gasteiger partial charge on any atom is -0.336 e. The first-order chi connectivity index (χ1) is 27.2.